The monoisotopic (exact) mass is 185 g/mol. The van der Waals surface area contributed by atoms with Crippen molar-refractivity contribution < 1.29 is 4.74 Å². The zero-order chi connectivity index (χ0) is 8.97. The van der Waals surface area contributed by atoms with Gasteiger partial charge in [-0.05, 0) is 25.5 Å². The average Bonchev–Trinajstić information content (AvgIpc) is 2.03. The fourth-order valence-electron chi connectivity index (χ4n) is 0.867. The number of nitrogens with zero attached hydrogens (tertiary/aromatic N) is 1. The highest BCUT2D eigenvalue weighted by Crippen LogP contribution is 2.15. The van der Waals surface area contributed by atoms with E-state index in [-0.39, 0.29) is 0 Å². The van der Waals surface area contributed by atoms with Crippen LogP contribution in [0, 0.1) is 6.92 Å². The molecular weight excluding hydrogens is 174 g/mol. The molecule has 0 atom stereocenters. The first kappa shape index (κ1) is 9.49. The topological polar surface area (TPSA) is 22.1 Å². The summed E-state index contributed by atoms with van der Waals surface area (Å²) < 4.78 is 5.19. The largest absolute Gasteiger partial charge is 0.375 e. The summed E-state index contributed by atoms with van der Waals surface area (Å²) in [5, 5.41) is 0.684. The molecule has 0 saturated heterocycles. The molecule has 2 nitrogen and oxygen atoms in total. The van der Waals surface area contributed by atoms with Gasteiger partial charge in [0, 0.05) is 12.8 Å². The molecule has 1 rings (SSSR count). The van der Waals surface area contributed by atoms with Crippen LogP contribution >= 0.6 is 11.6 Å². The summed E-state index contributed by atoms with van der Waals surface area (Å²) in [6.07, 6.45) is 1.79. The van der Waals surface area contributed by atoms with Gasteiger partial charge in [0.2, 0.25) is 0 Å². The molecule has 66 valence electrons. The van der Waals surface area contributed by atoms with Crippen molar-refractivity contribution in [1.82, 2.24) is 4.98 Å². The van der Waals surface area contributed by atoms with Crippen LogP contribution in [0.1, 0.15) is 18.2 Å². The molecule has 0 aliphatic heterocycles. The van der Waals surface area contributed by atoms with Crippen molar-refractivity contribution >= 4 is 11.6 Å². The van der Waals surface area contributed by atoms with Crippen molar-refractivity contribution in [2.75, 3.05) is 6.61 Å². The van der Waals surface area contributed by atoms with Crippen LogP contribution in [0.2, 0.25) is 5.02 Å². The summed E-state index contributed by atoms with van der Waals surface area (Å²) in [6.45, 7) is 5.09. The molecular formula is C9H12ClNO. The van der Waals surface area contributed by atoms with E-state index in [9.17, 15) is 0 Å². The first-order chi connectivity index (χ1) is 5.74. The van der Waals surface area contributed by atoms with Gasteiger partial charge in [0.25, 0.3) is 0 Å². The van der Waals surface area contributed by atoms with Gasteiger partial charge in [-0.1, -0.05) is 11.6 Å². The molecule has 1 aromatic heterocycles. The first-order valence-electron chi connectivity index (χ1n) is 3.92. The molecule has 3 heteroatoms. The van der Waals surface area contributed by atoms with Crippen LogP contribution in [0.15, 0.2) is 12.3 Å². The molecule has 1 heterocycles. The maximum absolute atomic E-state index is 5.92. The van der Waals surface area contributed by atoms with Crippen molar-refractivity contribution in [3.63, 3.8) is 0 Å². The maximum atomic E-state index is 5.92. The predicted octanol–water partition coefficient (Wildman–Crippen LogP) is 2.58. The van der Waals surface area contributed by atoms with Crippen LogP contribution in [-0.2, 0) is 11.3 Å². The SMILES string of the molecule is CCOCc1ncc(C)cc1Cl. The Hall–Kier alpha value is -0.600. The smallest absolute Gasteiger partial charge is 0.0902 e. The Labute approximate surface area is 77.5 Å². The summed E-state index contributed by atoms with van der Waals surface area (Å²) in [7, 11) is 0. The summed E-state index contributed by atoms with van der Waals surface area (Å²) in [5.41, 5.74) is 1.88. The van der Waals surface area contributed by atoms with Crippen LogP contribution in [0.5, 0.6) is 0 Å². The van der Waals surface area contributed by atoms with E-state index in [1.165, 1.54) is 0 Å². The summed E-state index contributed by atoms with van der Waals surface area (Å²) in [4.78, 5) is 4.16. The van der Waals surface area contributed by atoms with Crippen molar-refractivity contribution in [1.29, 1.82) is 0 Å². The zero-order valence-corrected chi connectivity index (χ0v) is 8.06. The van der Waals surface area contributed by atoms with Crippen LogP contribution in [0.4, 0.5) is 0 Å². The fraction of sp³-hybridized carbons (Fsp3) is 0.444. The van der Waals surface area contributed by atoms with E-state index in [4.69, 9.17) is 16.3 Å². The van der Waals surface area contributed by atoms with Gasteiger partial charge in [0.05, 0.1) is 17.3 Å². The van der Waals surface area contributed by atoms with Gasteiger partial charge in [0.1, 0.15) is 0 Å². The summed E-state index contributed by atoms with van der Waals surface area (Å²) >= 11 is 5.92. The van der Waals surface area contributed by atoms with Gasteiger partial charge in [0.15, 0.2) is 0 Å². The zero-order valence-electron chi connectivity index (χ0n) is 7.30. The van der Waals surface area contributed by atoms with Crippen molar-refractivity contribution in [2.24, 2.45) is 0 Å². The third kappa shape index (κ3) is 2.47. The lowest BCUT2D eigenvalue weighted by atomic mass is 10.3. The van der Waals surface area contributed by atoms with Crippen molar-refractivity contribution in [2.45, 2.75) is 20.5 Å². The molecule has 0 aliphatic carbocycles. The van der Waals surface area contributed by atoms with E-state index in [1.807, 2.05) is 19.9 Å². The minimum atomic E-state index is 0.496. The van der Waals surface area contributed by atoms with Crippen LogP contribution in [0.3, 0.4) is 0 Å². The van der Waals surface area contributed by atoms with Gasteiger partial charge < -0.3 is 4.74 Å². The molecule has 0 aromatic carbocycles. The Kier molecular flexibility index (Phi) is 3.50. The number of rotatable bonds is 3. The molecule has 0 unspecified atom stereocenters. The second kappa shape index (κ2) is 4.43. The third-order valence-corrected chi connectivity index (χ3v) is 1.82. The van der Waals surface area contributed by atoms with Crippen molar-refractivity contribution in [3.05, 3.63) is 28.5 Å². The number of pyridine rings is 1. The van der Waals surface area contributed by atoms with Crippen LogP contribution < -0.4 is 0 Å². The quantitative estimate of drug-likeness (QED) is 0.722. The Bertz CT molecular complexity index is 263. The number of aryl methyl sites for hydroxylation is 1. The molecule has 0 fully saturated rings. The number of ether oxygens (including phenoxy) is 1. The van der Waals surface area contributed by atoms with Crippen LogP contribution in [-0.4, -0.2) is 11.6 Å². The van der Waals surface area contributed by atoms with E-state index in [2.05, 4.69) is 4.98 Å². The lowest BCUT2D eigenvalue weighted by Gasteiger charge is -2.03. The maximum Gasteiger partial charge on any atom is 0.0902 e. The normalized spacial score (nSPS) is 10.2. The average molecular weight is 186 g/mol. The van der Waals surface area contributed by atoms with Gasteiger partial charge >= 0.3 is 0 Å². The van der Waals surface area contributed by atoms with Gasteiger partial charge in [-0.3, -0.25) is 4.98 Å². The number of aromatic nitrogens is 1. The van der Waals surface area contributed by atoms with E-state index < -0.39 is 0 Å². The third-order valence-electron chi connectivity index (χ3n) is 1.50. The molecule has 0 radical (unpaired) electrons. The number of halogens is 1. The highest BCUT2D eigenvalue weighted by Gasteiger charge is 2.00. The molecule has 12 heavy (non-hydrogen) atoms. The van der Waals surface area contributed by atoms with Crippen molar-refractivity contribution in [3.8, 4) is 0 Å². The lowest BCUT2D eigenvalue weighted by molar-refractivity contribution is 0.131. The summed E-state index contributed by atoms with van der Waals surface area (Å²) in [6, 6.07) is 1.89. The highest BCUT2D eigenvalue weighted by molar-refractivity contribution is 6.31. The Morgan fingerprint density at radius 2 is 2.33 bits per heavy atom. The van der Waals surface area contributed by atoms with E-state index in [0.717, 1.165) is 11.3 Å². The van der Waals surface area contributed by atoms with E-state index >= 15 is 0 Å². The predicted molar refractivity (Wildman–Crippen MR) is 49.3 cm³/mol. The Balaban J connectivity index is 2.72. The van der Waals surface area contributed by atoms with E-state index in [0.29, 0.717) is 18.2 Å². The Morgan fingerprint density at radius 1 is 1.58 bits per heavy atom. The fourth-order valence-corrected chi connectivity index (χ4v) is 1.14. The molecule has 0 N–H and O–H groups in total. The lowest BCUT2D eigenvalue weighted by Crippen LogP contribution is -1.96. The van der Waals surface area contributed by atoms with Gasteiger partial charge in [-0.25, -0.2) is 0 Å². The van der Waals surface area contributed by atoms with Gasteiger partial charge in [-0.15, -0.1) is 0 Å². The molecule has 0 bridgehead atoms. The first-order valence-corrected chi connectivity index (χ1v) is 4.30. The standard InChI is InChI=1S/C9H12ClNO/c1-3-12-6-9-8(10)4-7(2)5-11-9/h4-5H,3,6H2,1-2H3. The second-order valence-corrected chi connectivity index (χ2v) is 2.99. The molecule has 0 amide bonds. The van der Waals surface area contributed by atoms with E-state index in [1.54, 1.807) is 6.20 Å². The summed E-state index contributed by atoms with van der Waals surface area (Å²) in [5.74, 6) is 0. The minimum Gasteiger partial charge on any atom is -0.375 e. The second-order valence-electron chi connectivity index (χ2n) is 2.58. The molecule has 0 saturated carbocycles. The highest BCUT2D eigenvalue weighted by atomic mass is 35.5. The Morgan fingerprint density at radius 3 is 2.92 bits per heavy atom. The molecule has 0 spiro atoms. The van der Waals surface area contributed by atoms with Gasteiger partial charge in [-0.2, -0.15) is 0 Å². The number of hydrogen-bond donors (Lipinski definition) is 0. The number of hydrogen-bond acceptors (Lipinski definition) is 2. The van der Waals surface area contributed by atoms with Crippen LogP contribution in [0.25, 0.3) is 0 Å². The minimum absolute atomic E-state index is 0.496. The molecule has 0 aliphatic rings. The molecule has 1 aromatic rings.